The lowest BCUT2D eigenvalue weighted by atomic mass is 9.89. The molecule has 1 heterocycles. The van der Waals surface area contributed by atoms with Gasteiger partial charge in [-0.2, -0.15) is 0 Å². The van der Waals surface area contributed by atoms with Gasteiger partial charge in [-0.05, 0) is 43.5 Å². The maximum atomic E-state index is 12.1. The number of carbonyl (C=O) groups excluding carboxylic acids is 1. The molecule has 1 saturated heterocycles. The molecule has 1 aromatic carbocycles. The summed E-state index contributed by atoms with van der Waals surface area (Å²) in [6.45, 7) is 5.39. The molecule has 3 nitrogen and oxygen atoms in total. The maximum Gasteiger partial charge on any atom is 0.224 e. The molecule has 1 fully saturated rings. The van der Waals surface area contributed by atoms with Gasteiger partial charge >= 0.3 is 0 Å². The molecule has 2 N–H and O–H groups in total. The fourth-order valence-electron chi connectivity index (χ4n) is 2.67. The minimum atomic E-state index is 0.102. The van der Waals surface area contributed by atoms with Crippen molar-refractivity contribution < 1.29 is 4.79 Å². The van der Waals surface area contributed by atoms with Crippen LogP contribution in [0.2, 0.25) is 0 Å². The van der Waals surface area contributed by atoms with Crippen molar-refractivity contribution in [3.05, 3.63) is 34.3 Å². The van der Waals surface area contributed by atoms with E-state index in [0.29, 0.717) is 18.4 Å². The third kappa shape index (κ3) is 4.05. The van der Waals surface area contributed by atoms with Crippen LogP contribution < -0.4 is 10.6 Å². The summed E-state index contributed by atoms with van der Waals surface area (Å²) in [5, 5.41) is 6.59. The van der Waals surface area contributed by atoms with Crippen LogP contribution in [0.1, 0.15) is 25.8 Å². The van der Waals surface area contributed by atoms with Crippen molar-refractivity contribution in [3.8, 4) is 0 Å². The lowest BCUT2D eigenvalue weighted by molar-refractivity contribution is -0.121. The van der Waals surface area contributed by atoms with Crippen molar-refractivity contribution in [2.24, 2.45) is 5.92 Å². The van der Waals surface area contributed by atoms with Gasteiger partial charge in [0, 0.05) is 16.6 Å². The number of hydrogen-bond acceptors (Lipinski definition) is 2. The highest BCUT2D eigenvalue weighted by atomic mass is 79.9. The van der Waals surface area contributed by atoms with E-state index in [4.69, 9.17) is 0 Å². The highest BCUT2D eigenvalue weighted by molar-refractivity contribution is 9.10. The smallest absolute Gasteiger partial charge is 0.224 e. The van der Waals surface area contributed by atoms with Crippen LogP contribution in [0.15, 0.2) is 28.7 Å². The van der Waals surface area contributed by atoms with Crippen molar-refractivity contribution in [2.45, 2.75) is 38.8 Å². The number of amides is 1. The zero-order valence-corrected chi connectivity index (χ0v) is 13.0. The molecule has 1 aliphatic heterocycles. The Kier molecular flexibility index (Phi) is 4.99. The van der Waals surface area contributed by atoms with Gasteiger partial charge < -0.3 is 10.6 Å². The standard InChI is InChI=1S/C15H21BrN2O/c1-10-6-7-17-11(2)15(10)18-14(19)9-12-4-3-5-13(16)8-12/h3-5,8,10-11,15,17H,6-7,9H2,1-2H3,(H,18,19). The molecule has 4 heteroatoms. The predicted octanol–water partition coefficient (Wildman–Crippen LogP) is 2.49. The summed E-state index contributed by atoms with van der Waals surface area (Å²) in [4.78, 5) is 12.1. The summed E-state index contributed by atoms with van der Waals surface area (Å²) in [5.41, 5.74) is 1.04. The molecule has 3 unspecified atom stereocenters. The number of rotatable bonds is 3. The maximum absolute atomic E-state index is 12.1. The molecule has 3 atom stereocenters. The number of carbonyl (C=O) groups is 1. The Hall–Kier alpha value is -0.870. The lowest BCUT2D eigenvalue weighted by Crippen LogP contribution is -2.56. The van der Waals surface area contributed by atoms with Crippen molar-refractivity contribution >= 4 is 21.8 Å². The van der Waals surface area contributed by atoms with Crippen molar-refractivity contribution in [1.82, 2.24) is 10.6 Å². The van der Waals surface area contributed by atoms with Crippen LogP contribution in [0.3, 0.4) is 0 Å². The SMILES string of the molecule is CC1CCNC(C)C1NC(=O)Cc1cccc(Br)c1. The summed E-state index contributed by atoms with van der Waals surface area (Å²) in [7, 11) is 0. The fraction of sp³-hybridized carbons (Fsp3) is 0.533. The summed E-state index contributed by atoms with van der Waals surface area (Å²) >= 11 is 3.43. The first-order valence-corrected chi connectivity index (χ1v) is 7.63. The second-order valence-corrected chi connectivity index (χ2v) is 6.32. The van der Waals surface area contributed by atoms with Crippen LogP contribution in [-0.2, 0) is 11.2 Å². The second kappa shape index (κ2) is 6.53. The minimum Gasteiger partial charge on any atom is -0.351 e. The zero-order chi connectivity index (χ0) is 13.8. The molecule has 1 amide bonds. The molecule has 0 radical (unpaired) electrons. The number of benzene rings is 1. The number of halogens is 1. The predicted molar refractivity (Wildman–Crippen MR) is 81.0 cm³/mol. The Balaban J connectivity index is 1.93. The molecule has 0 aliphatic carbocycles. The van der Waals surface area contributed by atoms with Crippen LogP contribution in [0.5, 0.6) is 0 Å². The molecule has 0 spiro atoms. The van der Waals surface area contributed by atoms with E-state index < -0.39 is 0 Å². The first kappa shape index (κ1) is 14.5. The Morgan fingerprint density at radius 1 is 1.47 bits per heavy atom. The van der Waals surface area contributed by atoms with Gasteiger partial charge in [-0.15, -0.1) is 0 Å². The number of nitrogens with one attached hydrogen (secondary N) is 2. The van der Waals surface area contributed by atoms with Gasteiger partial charge in [-0.3, -0.25) is 4.79 Å². The van der Waals surface area contributed by atoms with E-state index in [1.807, 2.05) is 24.3 Å². The monoisotopic (exact) mass is 324 g/mol. The lowest BCUT2D eigenvalue weighted by Gasteiger charge is -2.36. The van der Waals surface area contributed by atoms with E-state index in [0.717, 1.165) is 23.0 Å². The highest BCUT2D eigenvalue weighted by Gasteiger charge is 2.28. The van der Waals surface area contributed by atoms with Crippen molar-refractivity contribution in [2.75, 3.05) is 6.54 Å². The second-order valence-electron chi connectivity index (χ2n) is 5.41. The first-order chi connectivity index (χ1) is 9.06. The Morgan fingerprint density at radius 2 is 2.26 bits per heavy atom. The van der Waals surface area contributed by atoms with Crippen LogP contribution in [0.4, 0.5) is 0 Å². The quantitative estimate of drug-likeness (QED) is 0.896. The van der Waals surface area contributed by atoms with Gasteiger partial charge in [0.2, 0.25) is 5.91 Å². The molecular formula is C15H21BrN2O. The van der Waals surface area contributed by atoms with Gasteiger partial charge in [-0.1, -0.05) is 35.0 Å². The van der Waals surface area contributed by atoms with E-state index in [-0.39, 0.29) is 11.9 Å². The van der Waals surface area contributed by atoms with Crippen molar-refractivity contribution in [1.29, 1.82) is 0 Å². The van der Waals surface area contributed by atoms with E-state index in [1.165, 1.54) is 0 Å². The Morgan fingerprint density at radius 3 is 2.95 bits per heavy atom. The van der Waals surface area contributed by atoms with Crippen LogP contribution >= 0.6 is 15.9 Å². The highest BCUT2D eigenvalue weighted by Crippen LogP contribution is 2.17. The van der Waals surface area contributed by atoms with Gasteiger partial charge in [0.25, 0.3) is 0 Å². The molecule has 104 valence electrons. The van der Waals surface area contributed by atoms with Gasteiger partial charge in [0.15, 0.2) is 0 Å². The summed E-state index contributed by atoms with van der Waals surface area (Å²) in [6, 6.07) is 8.47. The fourth-order valence-corrected chi connectivity index (χ4v) is 3.12. The minimum absolute atomic E-state index is 0.102. The van der Waals surface area contributed by atoms with Crippen molar-refractivity contribution in [3.63, 3.8) is 0 Å². The molecule has 1 aliphatic rings. The molecule has 0 aromatic heterocycles. The van der Waals surface area contributed by atoms with Crippen LogP contribution in [0, 0.1) is 5.92 Å². The number of hydrogen-bond donors (Lipinski definition) is 2. The molecule has 0 saturated carbocycles. The van der Waals surface area contributed by atoms with Crippen LogP contribution in [-0.4, -0.2) is 24.5 Å². The Labute approximate surface area is 123 Å². The molecule has 2 rings (SSSR count). The Bertz CT molecular complexity index is 440. The molecular weight excluding hydrogens is 304 g/mol. The van der Waals surface area contributed by atoms with E-state index in [1.54, 1.807) is 0 Å². The summed E-state index contributed by atoms with van der Waals surface area (Å²) < 4.78 is 1.01. The number of piperidine rings is 1. The normalized spacial score (nSPS) is 27.0. The average Bonchev–Trinajstić information content (AvgIpc) is 2.34. The zero-order valence-electron chi connectivity index (χ0n) is 11.4. The third-order valence-electron chi connectivity index (χ3n) is 3.80. The van der Waals surface area contributed by atoms with Crippen LogP contribution in [0.25, 0.3) is 0 Å². The molecule has 0 bridgehead atoms. The van der Waals surface area contributed by atoms with Gasteiger partial charge in [-0.25, -0.2) is 0 Å². The topological polar surface area (TPSA) is 41.1 Å². The largest absolute Gasteiger partial charge is 0.351 e. The van der Waals surface area contributed by atoms with E-state index >= 15 is 0 Å². The summed E-state index contributed by atoms with van der Waals surface area (Å²) in [5.74, 6) is 0.633. The molecule has 1 aromatic rings. The van der Waals surface area contributed by atoms with Gasteiger partial charge in [0.05, 0.1) is 6.42 Å². The van der Waals surface area contributed by atoms with E-state index in [9.17, 15) is 4.79 Å². The average molecular weight is 325 g/mol. The third-order valence-corrected chi connectivity index (χ3v) is 4.29. The summed E-state index contributed by atoms with van der Waals surface area (Å²) in [6.07, 6.45) is 1.56. The molecule has 19 heavy (non-hydrogen) atoms. The first-order valence-electron chi connectivity index (χ1n) is 6.83. The van der Waals surface area contributed by atoms with Gasteiger partial charge in [0.1, 0.15) is 0 Å². The van der Waals surface area contributed by atoms with E-state index in [2.05, 4.69) is 40.4 Å².